The third-order valence-electron chi connectivity index (χ3n) is 4.74. The van der Waals surface area contributed by atoms with Crippen LogP contribution in [0.25, 0.3) is 0 Å². The second-order valence-electron chi connectivity index (χ2n) is 6.43. The molecule has 2 heterocycles. The van der Waals surface area contributed by atoms with Crippen molar-refractivity contribution in [1.29, 1.82) is 0 Å². The van der Waals surface area contributed by atoms with Crippen molar-refractivity contribution >= 4 is 41.5 Å². The fraction of sp³-hybridized carbons (Fsp3) is 0.556. The summed E-state index contributed by atoms with van der Waals surface area (Å²) < 4.78 is 0. The number of anilines is 1. The van der Waals surface area contributed by atoms with Gasteiger partial charge >= 0.3 is 0 Å². The maximum absolute atomic E-state index is 12.1. The van der Waals surface area contributed by atoms with Gasteiger partial charge in [0.05, 0.1) is 6.54 Å². The number of nitrogens with one attached hydrogen (secondary N) is 2. The van der Waals surface area contributed by atoms with Crippen LogP contribution < -0.4 is 15.5 Å². The monoisotopic (exact) mass is 457 g/mol. The Morgan fingerprint density at radius 3 is 2.60 bits per heavy atom. The quantitative estimate of drug-likeness (QED) is 0.411. The number of aliphatic imine (C=N–C) groups is 1. The Labute approximate surface area is 167 Å². The summed E-state index contributed by atoms with van der Waals surface area (Å²) in [4.78, 5) is 20.7. The smallest absolute Gasteiger partial charge is 0.241 e. The predicted molar refractivity (Wildman–Crippen MR) is 113 cm³/mol. The van der Waals surface area contributed by atoms with E-state index in [0.717, 1.165) is 45.4 Å². The third kappa shape index (κ3) is 5.49. The second-order valence-corrected chi connectivity index (χ2v) is 6.43. The summed E-state index contributed by atoms with van der Waals surface area (Å²) in [6.07, 6.45) is 3.31. The lowest BCUT2D eigenvalue weighted by atomic mass is 10.3. The van der Waals surface area contributed by atoms with E-state index in [-0.39, 0.29) is 29.9 Å². The zero-order valence-electron chi connectivity index (χ0n) is 14.8. The number of para-hydroxylation sites is 1. The Kier molecular flexibility index (Phi) is 7.80. The molecule has 2 fully saturated rings. The normalized spacial score (nSPS) is 20.4. The van der Waals surface area contributed by atoms with Crippen LogP contribution in [-0.4, -0.2) is 62.6 Å². The van der Waals surface area contributed by atoms with E-state index >= 15 is 0 Å². The first-order chi connectivity index (χ1) is 11.8. The summed E-state index contributed by atoms with van der Waals surface area (Å²) in [6, 6.07) is 10.8. The number of benzene rings is 1. The largest absolute Gasteiger partial charge is 0.369 e. The van der Waals surface area contributed by atoms with E-state index in [4.69, 9.17) is 0 Å². The first kappa shape index (κ1) is 19.8. The SMILES string of the molecule is CN=C(NCC(=O)N1CCCC1)NC1CCN(c2ccccc2)C1.I. The molecule has 2 aliphatic heterocycles. The van der Waals surface area contributed by atoms with Gasteiger partial charge in [0.15, 0.2) is 5.96 Å². The van der Waals surface area contributed by atoms with Gasteiger partial charge in [-0.1, -0.05) is 18.2 Å². The molecule has 138 valence electrons. The molecule has 0 aromatic heterocycles. The fourth-order valence-electron chi connectivity index (χ4n) is 3.38. The molecule has 0 spiro atoms. The van der Waals surface area contributed by atoms with Gasteiger partial charge in [0, 0.05) is 45.0 Å². The minimum Gasteiger partial charge on any atom is -0.369 e. The van der Waals surface area contributed by atoms with Gasteiger partial charge in [-0.3, -0.25) is 9.79 Å². The molecular formula is C18H28IN5O. The molecule has 0 aliphatic carbocycles. The number of hydrogen-bond acceptors (Lipinski definition) is 3. The van der Waals surface area contributed by atoms with Crippen molar-refractivity contribution in [1.82, 2.24) is 15.5 Å². The van der Waals surface area contributed by atoms with E-state index in [9.17, 15) is 4.79 Å². The Balaban J connectivity index is 0.00000225. The van der Waals surface area contributed by atoms with Crippen molar-refractivity contribution in [3.05, 3.63) is 30.3 Å². The lowest BCUT2D eigenvalue weighted by Crippen LogP contribution is -2.48. The number of carbonyl (C=O) groups excluding carboxylic acids is 1. The Morgan fingerprint density at radius 1 is 1.20 bits per heavy atom. The molecule has 2 saturated heterocycles. The highest BCUT2D eigenvalue weighted by molar-refractivity contribution is 14.0. The first-order valence-electron chi connectivity index (χ1n) is 8.81. The summed E-state index contributed by atoms with van der Waals surface area (Å²) in [5, 5.41) is 6.59. The van der Waals surface area contributed by atoms with Gasteiger partial charge in [-0.05, 0) is 31.4 Å². The highest BCUT2D eigenvalue weighted by Crippen LogP contribution is 2.19. The standard InChI is InChI=1S/C18H27N5O.HI/c1-19-18(20-13-17(24)22-10-5-6-11-22)21-15-9-12-23(14-15)16-7-3-2-4-8-16;/h2-4,7-8,15H,5-6,9-14H2,1H3,(H2,19,20,21);1H. The van der Waals surface area contributed by atoms with Crippen molar-refractivity contribution in [3.8, 4) is 0 Å². The van der Waals surface area contributed by atoms with Crippen LogP contribution in [0.3, 0.4) is 0 Å². The highest BCUT2D eigenvalue weighted by Gasteiger charge is 2.24. The van der Waals surface area contributed by atoms with Crippen LogP contribution in [0.1, 0.15) is 19.3 Å². The van der Waals surface area contributed by atoms with E-state index in [2.05, 4.69) is 44.8 Å². The summed E-state index contributed by atoms with van der Waals surface area (Å²) in [5.74, 6) is 0.871. The number of amides is 1. The van der Waals surface area contributed by atoms with E-state index in [1.54, 1.807) is 7.05 Å². The number of nitrogens with zero attached hydrogens (tertiary/aromatic N) is 3. The molecule has 2 N–H and O–H groups in total. The minimum atomic E-state index is 0. The van der Waals surface area contributed by atoms with Gasteiger partial charge in [-0.25, -0.2) is 0 Å². The van der Waals surface area contributed by atoms with Crippen LogP contribution in [0, 0.1) is 0 Å². The van der Waals surface area contributed by atoms with E-state index in [1.807, 2.05) is 11.0 Å². The highest BCUT2D eigenvalue weighted by atomic mass is 127. The first-order valence-corrected chi connectivity index (χ1v) is 8.81. The summed E-state index contributed by atoms with van der Waals surface area (Å²) in [7, 11) is 1.75. The molecule has 25 heavy (non-hydrogen) atoms. The Bertz CT molecular complexity index is 574. The maximum Gasteiger partial charge on any atom is 0.241 e. The van der Waals surface area contributed by atoms with E-state index in [1.165, 1.54) is 5.69 Å². The molecule has 1 unspecified atom stereocenters. The van der Waals surface area contributed by atoms with Crippen LogP contribution >= 0.6 is 24.0 Å². The molecule has 0 bridgehead atoms. The minimum absolute atomic E-state index is 0. The number of likely N-dealkylation sites (tertiary alicyclic amines) is 1. The average molecular weight is 457 g/mol. The van der Waals surface area contributed by atoms with Crippen molar-refractivity contribution < 1.29 is 4.79 Å². The number of rotatable bonds is 4. The van der Waals surface area contributed by atoms with Crippen molar-refractivity contribution in [3.63, 3.8) is 0 Å². The number of hydrogen-bond donors (Lipinski definition) is 2. The number of guanidine groups is 1. The predicted octanol–water partition coefficient (Wildman–Crippen LogP) is 1.67. The molecule has 0 saturated carbocycles. The lowest BCUT2D eigenvalue weighted by Gasteiger charge is -2.21. The average Bonchev–Trinajstić information content (AvgIpc) is 3.31. The van der Waals surface area contributed by atoms with Crippen molar-refractivity contribution in [2.75, 3.05) is 44.7 Å². The van der Waals surface area contributed by atoms with Crippen LogP contribution in [0.4, 0.5) is 5.69 Å². The van der Waals surface area contributed by atoms with Crippen LogP contribution in [0.5, 0.6) is 0 Å². The number of carbonyl (C=O) groups is 1. The van der Waals surface area contributed by atoms with Crippen molar-refractivity contribution in [2.45, 2.75) is 25.3 Å². The maximum atomic E-state index is 12.1. The molecular weight excluding hydrogens is 429 g/mol. The summed E-state index contributed by atoms with van der Waals surface area (Å²) in [6.45, 7) is 4.08. The molecule has 1 aromatic rings. The second kappa shape index (κ2) is 9.84. The van der Waals surface area contributed by atoms with Crippen LogP contribution in [0.15, 0.2) is 35.3 Å². The van der Waals surface area contributed by atoms with Crippen LogP contribution in [-0.2, 0) is 4.79 Å². The molecule has 1 aromatic carbocycles. The zero-order chi connectivity index (χ0) is 16.8. The van der Waals surface area contributed by atoms with Gasteiger partial charge in [0.25, 0.3) is 0 Å². The van der Waals surface area contributed by atoms with Gasteiger partial charge in [-0.15, -0.1) is 24.0 Å². The Morgan fingerprint density at radius 2 is 1.92 bits per heavy atom. The third-order valence-corrected chi connectivity index (χ3v) is 4.74. The molecule has 6 nitrogen and oxygen atoms in total. The Hall–Kier alpha value is -1.51. The lowest BCUT2D eigenvalue weighted by molar-refractivity contribution is -0.128. The van der Waals surface area contributed by atoms with Gasteiger partial charge in [0.1, 0.15) is 0 Å². The topological polar surface area (TPSA) is 60.0 Å². The van der Waals surface area contributed by atoms with Crippen molar-refractivity contribution in [2.24, 2.45) is 4.99 Å². The molecule has 0 radical (unpaired) electrons. The molecule has 1 atom stereocenters. The molecule has 3 rings (SSSR count). The van der Waals surface area contributed by atoms with Crippen LogP contribution in [0.2, 0.25) is 0 Å². The van der Waals surface area contributed by atoms with Gasteiger partial charge in [0.2, 0.25) is 5.91 Å². The van der Waals surface area contributed by atoms with E-state index in [0.29, 0.717) is 18.5 Å². The molecule has 1 amide bonds. The van der Waals surface area contributed by atoms with Gasteiger partial charge < -0.3 is 20.4 Å². The fourth-order valence-corrected chi connectivity index (χ4v) is 3.38. The molecule has 2 aliphatic rings. The van der Waals surface area contributed by atoms with Gasteiger partial charge in [-0.2, -0.15) is 0 Å². The molecule has 7 heteroatoms. The van der Waals surface area contributed by atoms with E-state index < -0.39 is 0 Å². The number of halogens is 1. The zero-order valence-corrected chi connectivity index (χ0v) is 17.1. The summed E-state index contributed by atoms with van der Waals surface area (Å²) >= 11 is 0. The summed E-state index contributed by atoms with van der Waals surface area (Å²) in [5.41, 5.74) is 1.26.